The third-order valence-corrected chi connectivity index (χ3v) is 3.28. The van der Waals surface area contributed by atoms with Crippen LogP contribution in [0.25, 0.3) is 0 Å². The van der Waals surface area contributed by atoms with Crippen LogP contribution in [0, 0.1) is 0 Å². The van der Waals surface area contributed by atoms with Crippen LogP contribution in [-0.4, -0.2) is 42.4 Å². The third kappa shape index (κ3) is 3.26. The lowest BCUT2D eigenvalue weighted by Crippen LogP contribution is -2.58. The molecule has 6 nitrogen and oxygen atoms in total. The molecule has 1 aromatic rings. The first-order valence-corrected chi connectivity index (χ1v) is 6.14. The van der Waals surface area contributed by atoms with Crippen LogP contribution in [0.5, 0.6) is 0 Å². The molecule has 1 aliphatic rings. The number of rotatable bonds is 3. The summed E-state index contributed by atoms with van der Waals surface area (Å²) in [5, 5.41) is 1.80. The van der Waals surface area contributed by atoms with Crippen LogP contribution in [0.15, 0.2) is 17.5 Å². The first-order chi connectivity index (χ1) is 8.15. The SMILES string of the molecule is NC1CN(CC(=O)NNC(=O)c2cccs2)C1. The Morgan fingerprint density at radius 1 is 1.47 bits per heavy atom. The van der Waals surface area contributed by atoms with Gasteiger partial charge < -0.3 is 5.73 Å². The van der Waals surface area contributed by atoms with Gasteiger partial charge in [-0.05, 0) is 11.4 Å². The highest BCUT2D eigenvalue weighted by atomic mass is 32.1. The van der Waals surface area contributed by atoms with Crippen molar-refractivity contribution < 1.29 is 9.59 Å². The second-order valence-corrected chi connectivity index (χ2v) is 4.88. The topological polar surface area (TPSA) is 87.5 Å². The van der Waals surface area contributed by atoms with Gasteiger partial charge in [-0.2, -0.15) is 0 Å². The molecule has 0 aliphatic carbocycles. The van der Waals surface area contributed by atoms with Crippen molar-refractivity contribution in [2.45, 2.75) is 6.04 Å². The van der Waals surface area contributed by atoms with Gasteiger partial charge in [0, 0.05) is 19.1 Å². The van der Waals surface area contributed by atoms with Crippen LogP contribution in [0.3, 0.4) is 0 Å². The molecule has 4 N–H and O–H groups in total. The fourth-order valence-corrected chi connectivity index (χ4v) is 2.20. The summed E-state index contributed by atoms with van der Waals surface area (Å²) in [5.74, 6) is -0.532. The maximum atomic E-state index is 11.5. The Hall–Kier alpha value is -1.44. The molecule has 0 atom stereocenters. The molecule has 1 aliphatic heterocycles. The fourth-order valence-electron chi connectivity index (χ4n) is 1.58. The van der Waals surface area contributed by atoms with E-state index in [2.05, 4.69) is 10.9 Å². The molecule has 2 rings (SSSR count). The Labute approximate surface area is 103 Å². The highest BCUT2D eigenvalue weighted by molar-refractivity contribution is 7.12. The lowest BCUT2D eigenvalue weighted by Gasteiger charge is -2.35. The predicted octanol–water partition coefficient (Wildman–Crippen LogP) is -0.848. The number of carbonyl (C=O) groups excluding carboxylic acids is 2. The number of thiophene rings is 1. The van der Waals surface area contributed by atoms with Gasteiger partial charge in [0.1, 0.15) is 0 Å². The number of hydrogen-bond acceptors (Lipinski definition) is 5. The van der Waals surface area contributed by atoms with Gasteiger partial charge >= 0.3 is 0 Å². The van der Waals surface area contributed by atoms with E-state index in [1.165, 1.54) is 11.3 Å². The Kier molecular flexibility index (Phi) is 3.72. The molecule has 1 saturated heterocycles. The summed E-state index contributed by atoms with van der Waals surface area (Å²) in [6.07, 6.45) is 0. The summed E-state index contributed by atoms with van der Waals surface area (Å²) in [6.45, 7) is 1.72. The number of likely N-dealkylation sites (tertiary alicyclic amines) is 1. The minimum Gasteiger partial charge on any atom is -0.325 e. The molecule has 1 fully saturated rings. The van der Waals surface area contributed by atoms with E-state index in [9.17, 15) is 9.59 Å². The monoisotopic (exact) mass is 254 g/mol. The zero-order valence-electron chi connectivity index (χ0n) is 9.18. The predicted molar refractivity (Wildman–Crippen MR) is 64.3 cm³/mol. The van der Waals surface area contributed by atoms with Gasteiger partial charge in [0.25, 0.3) is 11.8 Å². The first-order valence-electron chi connectivity index (χ1n) is 5.26. The molecule has 1 aromatic heterocycles. The molecule has 0 bridgehead atoms. The van der Waals surface area contributed by atoms with Crippen molar-refractivity contribution in [1.82, 2.24) is 15.8 Å². The van der Waals surface area contributed by atoms with Gasteiger partial charge in [-0.15, -0.1) is 11.3 Å². The summed E-state index contributed by atoms with van der Waals surface area (Å²) in [7, 11) is 0. The van der Waals surface area contributed by atoms with Crippen LogP contribution in [-0.2, 0) is 4.79 Å². The largest absolute Gasteiger partial charge is 0.325 e. The summed E-state index contributed by atoms with van der Waals surface area (Å²) < 4.78 is 0. The molecule has 0 radical (unpaired) electrons. The minimum absolute atomic E-state index is 0.170. The van der Waals surface area contributed by atoms with Gasteiger partial charge in [0.15, 0.2) is 0 Å². The zero-order chi connectivity index (χ0) is 12.3. The molecule has 92 valence electrons. The fraction of sp³-hybridized carbons (Fsp3) is 0.400. The Bertz CT molecular complexity index is 400. The van der Waals surface area contributed by atoms with E-state index < -0.39 is 0 Å². The molecule has 17 heavy (non-hydrogen) atoms. The van der Waals surface area contributed by atoms with Crippen LogP contribution < -0.4 is 16.6 Å². The maximum Gasteiger partial charge on any atom is 0.279 e. The van der Waals surface area contributed by atoms with Gasteiger partial charge in [0.2, 0.25) is 0 Å². The molecule has 0 saturated carbocycles. The van der Waals surface area contributed by atoms with Crippen molar-refractivity contribution in [3.63, 3.8) is 0 Å². The van der Waals surface area contributed by atoms with E-state index in [0.717, 1.165) is 13.1 Å². The van der Waals surface area contributed by atoms with E-state index in [1.807, 2.05) is 4.90 Å². The van der Waals surface area contributed by atoms with E-state index in [4.69, 9.17) is 5.73 Å². The molecule has 0 aromatic carbocycles. The van der Waals surface area contributed by atoms with Gasteiger partial charge in [-0.3, -0.25) is 25.3 Å². The Balaban J connectivity index is 1.68. The van der Waals surface area contributed by atoms with E-state index in [1.54, 1.807) is 17.5 Å². The highest BCUT2D eigenvalue weighted by Crippen LogP contribution is 2.07. The Morgan fingerprint density at radius 3 is 2.82 bits per heavy atom. The molecule has 0 spiro atoms. The lowest BCUT2D eigenvalue weighted by atomic mass is 10.1. The van der Waals surface area contributed by atoms with E-state index in [0.29, 0.717) is 4.88 Å². The average molecular weight is 254 g/mol. The van der Waals surface area contributed by atoms with E-state index >= 15 is 0 Å². The molecular formula is C10H14N4O2S. The number of nitrogens with two attached hydrogens (primary N) is 1. The van der Waals surface area contributed by atoms with Gasteiger partial charge in [-0.1, -0.05) is 6.07 Å². The van der Waals surface area contributed by atoms with Gasteiger partial charge in [-0.25, -0.2) is 0 Å². The third-order valence-electron chi connectivity index (χ3n) is 2.41. The van der Waals surface area contributed by atoms with E-state index in [-0.39, 0.29) is 24.4 Å². The molecule has 7 heteroatoms. The van der Waals surface area contributed by atoms with Crippen LogP contribution in [0.4, 0.5) is 0 Å². The number of carbonyl (C=O) groups is 2. The quantitative estimate of drug-likeness (QED) is 0.613. The molecular weight excluding hydrogens is 240 g/mol. The smallest absolute Gasteiger partial charge is 0.279 e. The highest BCUT2D eigenvalue weighted by Gasteiger charge is 2.24. The number of nitrogens with one attached hydrogen (secondary N) is 2. The van der Waals surface area contributed by atoms with Crippen molar-refractivity contribution in [2.75, 3.05) is 19.6 Å². The zero-order valence-corrected chi connectivity index (χ0v) is 10.00. The first kappa shape index (κ1) is 12.0. The number of hydrogen-bond donors (Lipinski definition) is 3. The molecule has 2 amide bonds. The number of amides is 2. The lowest BCUT2D eigenvalue weighted by molar-refractivity contribution is -0.124. The normalized spacial score (nSPS) is 16.3. The van der Waals surface area contributed by atoms with Crippen molar-refractivity contribution >= 4 is 23.2 Å². The van der Waals surface area contributed by atoms with Crippen molar-refractivity contribution in [1.29, 1.82) is 0 Å². The van der Waals surface area contributed by atoms with Crippen molar-refractivity contribution in [3.8, 4) is 0 Å². The summed E-state index contributed by atoms with van der Waals surface area (Å²) in [6, 6.07) is 3.65. The second-order valence-electron chi connectivity index (χ2n) is 3.93. The van der Waals surface area contributed by atoms with Gasteiger partial charge in [0.05, 0.1) is 11.4 Å². The van der Waals surface area contributed by atoms with Crippen LogP contribution >= 0.6 is 11.3 Å². The van der Waals surface area contributed by atoms with Crippen molar-refractivity contribution in [2.24, 2.45) is 5.73 Å². The number of hydrazine groups is 1. The van der Waals surface area contributed by atoms with Crippen LogP contribution in [0.1, 0.15) is 9.67 Å². The maximum absolute atomic E-state index is 11.5. The molecule has 2 heterocycles. The molecule has 0 unspecified atom stereocenters. The van der Waals surface area contributed by atoms with Crippen molar-refractivity contribution in [3.05, 3.63) is 22.4 Å². The summed E-state index contributed by atoms with van der Waals surface area (Å²) in [4.78, 5) is 25.4. The summed E-state index contributed by atoms with van der Waals surface area (Å²) >= 11 is 1.32. The number of nitrogens with zero attached hydrogens (tertiary/aromatic N) is 1. The second kappa shape index (κ2) is 5.26. The Morgan fingerprint density at radius 2 is 2.24 bits per heavy atom. The minimum atomic E-state index is -0.298. The average Bonchev–Trinajstić information content (AvgIpc) is 2.77. The standard InChI is InChI=1S/C10H14N4O2S/c11-7-4-14(5-7)6-9(15)12-13-10(16)8-2-1-3-17-8/h1-3,7H,4-6,11H2,(H,12,15)(H,13,16). The summed E-state index contributed by atoms with van der Waals surface area (Å²) in [5.41, 5.74) is 10.3. The van der Waals surface area contributed by atoms with Crippen LogP contribution in [0.2, 0.25) is 0 Å².